The van der Waals surface area contributed by atoms with Crippen molar-refractivity contribution in [3.63, 3.8) is 0 Å². The minimum absolute atomic E-state index is 0.685. The molecule has 0 amide bonds. The van der Waals surface area contributed by atoms with Crippen LogP contribution in [0.5, 0.6) is 5.75 Å². The van der Waals surface area contributed by atoms with E-state index in [-0.39, 0.29) is 0 Å². The Kier molecular flexibility index (Phi) is 7.30. The molecule has 1 rings (SSSR count). The summed E-state index contributed by atoms with van der Waals surface area (Å²) in [7, 11) is 4.22. The molecule has 0 aliphatic carbocycles. The Bertz CT molecular complexity index is 355. The molecule has 0 spiro atoms. The fourth-order valence-electron chi connectivity index (χ4n) is 1.94. The zero-order chi connectivity index (χ0) is 14.1. The Morgan fingerprint density at radius 3 is 2.47 bits per heavy atom. The minimum atomic E-state index is 0.685. The van der Waals surface area contributed by atoms with E-state index in [1.54, 1.807) is 0 Å². The van der Waals surface area contributed by atoms with Crippen molar-refractivity contribution >= 4 is 5.69 Å². The predicted molar refractivity (Wildman–Crippen MR) is 81.6 cm³/mol. The molecule has 4 nitrogen and oxygen atoms in total. The van der Waals surface area contributed by atoms with Gasteiger partial charge in [-0.05, 0) is 52.3 Å². The number of nitrogen functional groups attached to an aromatic ring is 1. The molecule has 0 atom stereocenters. The standard InChI is InChI=1S/C15H27N3O/c1-4-18(11-7-10-17(2)3)12-13-19-15-9-6-5-8-14(15)16/h5-6,8-9H,4,7,10-13,16H2,1-3H3. The van der Waals surface area contributed by atoms with Crippen LogP contribution in [0.1, 0.15) is 13.3 Å². The maximum atomic E-state index is 5.84. The lowest BCUT2D eigenvalue weighted by Crippen LogP contribution is -2.31. The van der Waals surface area contributed by atoms with Crippen LogP contribution < -0.4 is 10.5 Å². The minimum Gasteiger partial charge on any atom is -0.490 e. The van der Waals surface area contributed by atoms with Crippen LogP contribution in [0, 0.1) is 0 Å². The van der Waals surface area contributed by atoms with E-state index in [4.69, 9.17) is 10.5 Å². The zero-order valence-corrected chi connectivity index (χ0v) is 12.4. The second-order valence-electron chi connectivity index (χ2n) is 4.98. The third-order valence-corrected chi connectivity index (χ3v) is 3.11. The first-order valence-electron chi connectivity index (χ1n) is 6.98. The predicted octanol–water partition coefficient (Wildman–Crippen LogP) is 1.92. The molecule has 2 N–H and O–H groups in total. The molecular weight excluding hydrogens is 238 g/mol. The number of hydrogen-bond acceptors (Lipinski definition) is 4. The van der Waals surface area contributed by atoms with Crippen molar-refractivity contribution in [3.05, 3.63) is 24.3 Å². The average molecular weight is 265 g/mol. The number of likely N-dealkylation sites (N-methyl/N-ethyl adjacent to an activating group) is 1. The first-order valence-corrected chi connectivity index (χ1v) is 6.98. The van der Waals surface area contributed by atoms with Gasteiger partial charge >= 0.3 is 0 Å². The van der Waals surface area contributed by atoms with Crippen LogP contribution in [0.3, 0.4) is 0 Å². The molecular formula is C15H27N3O. The zero-order valence-electron chi connectivity index (χ0n) is 12.4. The Labute approximate surface area is 117 Å². The van der Waals surface area contributed by atoms with Gasteiger partial charge in [0.1, 0.15) is 12.4 Å². The number of ether oxygens (including phenoxy) is 1. The highest BCUT2D eigenvalue weighted by Crippen LogP contribution is 2.19. The summed E-state index contributed by atoms with van der Waals surface area (Å²) < 4.78 is 5.72. The van der Waals surface area contributed by atoms with E-state index < -0.39 is 0 Å². The monoisotopic (exact) mass is 265 g/mol. The molecule has 1 aromatic rings. The van der Waals surface area contributed by atoms with Gasteiger partial charge in [0.15, 0.2) is 0 Å². The van der Waals surface area contributed by atoms with Gasteiger partial charge in [0.05, 0.1) is 5.69 Å². The number of para-hydroxylation sites is 2. The van der Waals surface area contributed by atoms with Crippen LogP contribution >= 0.6 is 0 Å². The van der Waals surface area contributed by atoms with Gasteiger partial charge in [0.2, 0.25) is 0 Å². The van der Waals surface area contributed by atoms with Gasteiger partial charge in [0, 0.05) is 6.54 Å². The number of nitrogens with zero attached hydrogens (tertiary/aromatic N) is 2. The molecule has 0 saturated heterocycles. The van der Waals surface area contributed by atoms with Gasteiger partial charge in [-0.2, -0.15) is 0 Å². The summed E-state index contributed by atoms with van der Waals surface area (Å²) >= 11 is 0. The second kappa shape index (κ2) is 8.77. The first kappa shape index (κ1) is 15.8. The Balaban J connectivity index is 2.24. The molecule has 0 saturated carbocycles. The topological polar surface area (TPSA) is 41.7 Å². The fourth-order valence-corrected chi connectivity index (χ4v) is 1.94. The van der Waals surface area contributed by atoms with E-state index in [1.807, 2.05) is 24.3 Å². The lowest BCUT2D eigenvalue weighted by molar-refractivity contribution is 0.209. The van der Waals surface area contributed by atoms with Crippen molar-refractivity contribution in [1.82, 2.24) is 9.80 Å². The van der Waals surface area contributed by atoms with Crippen molar-refractivity contribution in [2.75, 3.05) is 52.6 Å². The van der Waals surface area contributed by atoms with E-state index in [2.05, 4.69) is 30.8 Å². The molecule has 0 heterocycles. The second-order valence-corrected chi connectivity index (χ2v) is 4.98. The summed E-state index contributed by atoms with van der Waals surface area (Å²) in [6.45, 7) is 7.11. The van der Waals surface area contributed by atoms with Gasteiger partial charge in [0.25, 0.3) is 0 Å². The number of nitrogens with two attached hydrogens (primary N) is 1. The van der Waals surface area contributed by atoms with Gasteiger partial charge in [-0.15, -0.1) is 0 Å². The quantitative estimate of drug-likeness (QED) is 0.693. The van der Waals surface area contributed by atoms with Crippen molar-refractivity contribution in [3.8, 4) is 5.75 Å². The van der Waals surface area contributed by atoms with Crippen LogP contribution in [0.4, 0.5) is 5.69 Å². The summed E-state index contributed by atoms with van der Waals surface area (Å²) in [6.07, 6.45) is 1.19. The van der Waals surface area contributed by atoms with Crippen molar-refractivity contribution in [1.29, 1.82) is 0 Å². The Hall–Kier alpha value is -1.26. The molecule has 1 aromatic carbocycles. The smallest absolute Gasteiger partial charge is 0.142 e. The molecule has 0 aliphatic heterocycles. The largest absolute Gasteiger partial charge is 0.490 e. The summed E-state index contributed by atoms with van der Waals surface area (Å²) in [4.78, 5) is 4.62. The number of hydrogen-bond donors (Lipinski definition) is 1. The number of anilines is 1. The molecule has 19 heavy (non-hydrogen) atoms. The third-order valence-electron chi connectivity index (χ3n) is 3.11. The van der Waals surface area contributed by atoms with Crippen LogP contribution in [-0.4, -0.2) is 56.7 Å². The van der Waals surface area contributed by atoms with Crippen LogP contribution in [-0.2, 0) is 0 Å². The van der Waals surface area contributed by atoms with Crippen LogP contribution in [0.2, 0.25) is 0 Å². The van der Waals surface area contributed by atoms with Crippen molar-refractivity contribution in [2.45, 2.75) is 13.3 Å². The van der Waals surface area contributed by atoms with Gasteiger partial charge in [-0.1, -0.05) is 19.1 Å². The summed E-state index contributed by atoms with van der Waals surface area (Å²) in [5.74, 6) is 0.784. The Morgan fingerprint density at radius 1 is 1.11 bits per heavy atom. The fraction of sp³-hybridized carbons (Fsp3) is 0.600. The summed E-state index contributed by atoms with van der Waals surface area (Å²) in [5, 5.41) is 0. The van der Waals surface area contributed by atoms with E-state index >= 15 is 0 Å². The van der Waals surface area contributed by atoms with Crippen LogP contribution in [0.25, 0.3) is 0 Å². The number of benzene rings is 1. The molecule has 4 heteroatoms. The molecule has 0 fully saturated rings. The third kappa shape index (κ3) is 6.45. The number of rotatable bonds is 9. The first-order chi connectivity index (χ1) is 9.13. The lowest BCUT2D eigenvalue weighted by Gasteiger charge is -2.21. The molecule has 108 valence electrons. The van der Waals surface area contributed by atoms with Crippen molar-refractivity contribution in [2.24, 2.45) is 0 Å². The highest BCUT2D eigenvalue weighted by molar-refractivity contribution is 5.51. The van der Waals surface area contributed by atoms with Gasteiger partial charge in [-0.25, -0.2) is 0 Å². The Morgan fingerprint density at radius 2 is 1.84 bits per heavy atom. The average Bonchev–Trinajstić information content (AvgIpc) is 2.38. The van der Waals surface area contributed by atoms with Crippen molar-refractivity contribution < 1.29 is 4.74 Å². The highest BCUT2D eigenvalue weighted by Gasteiger charge is 2.04. The highest BCUT2D eigenvalue weighted by atomic mass is 16.5. The molecule has 0 aromatic heterocycles. The molecule has 0 aliphatic rings. The van der Waals surface area contributed by atoms with Crippen LogP contribution in [0.15, 0.2) is 24.3 Å². The van der Waals surface area contributed by atoms with Gasteiger partial charge in [-0.3, -0.25) is 0 Å². The molecule has 0 unspecified atom stereocenters. The maximum absolute atomic E-state index is 5.84. The summed E-state index contributed by atoms with van der Waals surface area (Å²) in [6, 6.07) is 7.64. The van der Waals surface area contributed by atoms with E-state index in [0.717, 1.165) is 31.9 Å². The normalized spacial score (nSPS) is 11.2. The SMILES string of the molecule is CCN(CCCN(C)C)CCOc1ccccc1N. The lowest BCUT2D eigenvalue weighted by atomic mass is 10.3. The molecule has 0 radical (unpaired) electrons. The van der Waals surface area contributed by atoms with E-state index in [1.165, 1.54) is 6.42 Å². The van der Waals surface area contributed by atoms with E-state index in [9.17, 15) is 0 Å². The van der Waals surface area contributed by atoms with E-state index in [0.29, 0.717) is 12.3 Å². The summed E-state index contributed by atoms with van der Waals surface area (Å²) in [5.41, 5.74) is 6.55. The maximum Gasteiger partial charge on any atom is 0.142 e. The molecule has 0 bridgehead atoms. The van der Waals surface area contributed by atoms with Gasteiger partial charge < -0.3 is 20.3 Å².